The van der Waals surface area contributed by atoms with Crippen molar-refractivity contribution in [2.75, 3.05) is 38.2 Å². The Morgan fingerprint density at radius 2 is 1.89 bits per heavy atom. The molecule has 1 heterocycles. The van der Waals surface area contributed by atoms with E-state index in [1.54, 1.807) is 24.1 Å². The van der Waals surface area contributed by atoms with Crippen LogP contribution in [0.2, 0.25) is 0 Å². The van der Waals surface area contributed by atoms with Crippen molar-refractivity contribution in [1.29, 1.82) is 0 Å². The lowest BCUT2D eigenvalue weighted by atomic mass is 10.1. The number of para-hydroxylation sites is 1. The number of nitrogens with one attached hydrogen (secondary N) is 1. The highest BCUT2D eigenvalue weighted by atomic mass is 19.1. The van der Waals surface area contributed by atoms with Gasteiger partial charge in [-0.1, -0.05) is 18.2 Å². The average Bonchev–Trinajstić information content (AvgIpc) is 3.03. The highest BCUT2D eigenvalue weighted by molar-refractivity contribution is 5.96. The molecule has 0 unspecified atom stereocenters. The number of benzene rings is 2. The number of urea groups is 1. The normalized spacial score (nSPS) is 13.8. The Bertz CT molecular complexity index is 810. The molecule has 6 nitrogen and oxygen atoms in total. The van der Waals surface area contributed by atoms with Gasteiger partial charge >= 0.3 is 6.03 Å². The summed E-state index contributed by atoms with van der Waals surface area (Å²) in [5.74, 6) is 0.229. The summed E-state index contributed by atoms with van der Waals surface area (Å²) >= 11 is 0. The second kappa shape index (κ2) is 8.53. The first-order chi connectivity index (χ1) is 13.1. The fourth-order valence-corrected chi connectivity index (χ4v) is 3.07. The predicted molar refractivity (Wildman–Crippen MR) is 100 cm³/mol. The number of ether oxygens (including phenoxy) is 1. The van der Waals surface area contributed by atoms with Gasteiger partial charge in [-0.3, -0.25) is 9.69 Å². The number of carbonyl (C=O) groups is 2. The minimum atomic E-state index is -0.350. The van der Waals surface area contributed by atoms with Crippen molar-refractivity contribution in [2.45, 2.75) is 6.42 Å². The average molecular weight is 371 g/mol. The van der Waals surface area contributed by atoms with Crippen LogP contribution in [0, 0.1) is 5.82 Å². The van der Waals surface area contributed by atoms with E-state index in [-0.39, 0.29) is 24.3 Å². The maximum Gasteiger partial charge on any atom is 0.325 e. The van der Waals surface area contributed by atoms with Crippen molar-refractivity contribution < 1.29 is 18.7 Å². The summed E-state index contributed by atoms with van der Waals surface area (Å²) in [5, 5.41) is 2.84. The third-order valence-corrected chi connectivity index (χ3v) is 4.48. The van der Waals surface area contributed by atoms with Crippen molar-refractivity contribution in [1.82, 2.24) is 10.2 Å². The molecule has 1 aliphatic heterocycles. The maximum atomic E-state index is 13.0. The van der Waals surface area contributed by atoms with Gasteiger partial charge in [-0.25, -0.2) is 9.18 Å². The summed E-state index contributed by atoms with van der Waals surface area (Å²) in [6.45, 7) is 1.39. The molecule has 3 rings (SSSR count). The molecular weight excluding hydrogens is 349 g/mol. The van der Waals surface area contributed by atoms with Crippen LogP contribution in [0.5, 0.6) is 5.75 Å². The molecule has 27 heavy (non-hydrogen) atoms. The fraction of sp³-hybridized carbons (Fsp3) is 0.300. The van der Waals surface area contributed by atoms with Gasteiger partial charge in [-0.2, -0.15) is 0 Å². The van der Waals surface area contributed by atoms with E-state index in [2.05, 4.69) is 5.32 Å². The number of halogens is 1. The van der Waals surface area contributed by atoms with E-state index in [4.69, 9.17) is 4.74 Å². The van der Waals surface area contributed by atoms with Crippen molar-refractivity contribution in [3.63, 3.8) is 0 Å². The molecule has 1 N–H and O–H groups in total. The second-order valence-electron chi connectivity index (χ2n) is 6.24. The number of carbonyl (C=O) groups excluding carboxylic acids is 2. The molecule has 0 saturated carbocycles. The van der Waals surface area contributed by atoms with Crippen LogP contribution in [0.1, 0.15) is 5.56 Å². The molecule has 7 heteroatoms. The summed E-state index contributed by atoms with van der Waals surface area (Å²) in [6, 6.07) is 13.2. The lowest BCUT2D eigenvalue weighted by Crippen LogP contribution is -2.40. The van der Waals surface area contributed by atoms with Crippen molar-refractivity contribution in [3.05, 3.63) is 59.9 Å². The Morgan fingerprint density at radius 1 is 1.15 bits per heavy atom. The third-order valence-electron chi connectivity index (χ3n) is 4.48. The maximum absolute atomic E-state index is 13.0. The summed E-state index contributed by atoms with van der Waals surface area (Å²) in [5.41, 5.74) is 1.64. The Morgan fingerprint density at radius 3 is 2.63 bits per heavy atom. The number of hydrogen-bond donors (Lipinski definition) is 1. The van der Waals surface area contributed by atoms with Gasteiger partial charge in [-0.15, -0.1) is 0 Å². The lowest BCUT2D eigenvalue weighted by molar-refractivity contribution is -0.121. The van der Waals surface area contributed by atoms with E-state index in [0.717, 1.165) is 11.3 Å². The highest BCUT2D eigenvalue weighted by Gasteiger charge is 2.30. The Balaban J connectivity index is 1.48. The van der Waals surface area contributed by atoms with Gasteiger partial charge < -0.3 is 15.0 Å². The molecule has 0 aliphatic carbocycles. The Hall–Kier alpha value is -3.09. The molecule has 0 bridgehead atoms. The van der Waals surface area contributed by atoms with Crippen molar-refractivity contribution in [3.8, 4) is 5.75 Å². The molecule has 1 saturated heterocycles. The van der Waals surface area contributed by atoms with Crippen LogP contribution in [0.3, 0.4) is 0 Å². The predicted octanol–water partition coefficient (Wildman–Crippen LogP) is 2.44. The third kappa shape index (κ3) is 4.55. The molecule has 0 atom stereocenters. The number of hydrogen-bond acceptors (Lipinski definition) is 3. The second-order valence-corrected chi connectivity index (χ2v) is 6.24. The zero-order valence-electron chi connectivity index (χ0n) is 15.2. The number of rotatable bonds is 7. The van der Waals surface area contributed by atoms with Crippen molar-refractivity contribution >= 4 is 17.6 Å². The zero-order chi connectivity index (χ0) is 19.2. The highest BCUT2D eigenvalue weighted by Crippen LogP contribution is 2.20. The Kier molecular flexibility index (Phi) is 5.90. The van der Waals surface area contributed by atoms with Crippen LogP contribution in [0.4, 0.5) is 14.9 Å². The van der Waals surface area contributed by atoms with Gasteiger partial charge in [-0.05, 0) is 42.3 Å². The summed E-state index contributed by atoms with van der Waals surface area (Å²) in [7, 11) is 1.61. The van der Waals surface area contributed by atoms with Gasteiger partial charge in [0.25, 0.3) is 0 Å². The monoisotopic (exact) mass is 371 g/mol. The molecule has 0 radical (unpaired) electrons. The van der Waals surface area contributed by atoms with Crippen LogP contribution in [-0.2, 0) is 11.2 Å². The van der Waals surface area contributed by atoms with Crippen LogP contribution >= 0.6 is 0 Å². The Labute approximate surface area is 157 Å². The first-order valence-electron chi connectivity index (χ1n) is 8.79. The molecule has 0 aromatic heterocycles. The molecule has 1 fully saturated rings. The summed E-state index contributed by atoms with van der Waals surface area (Å²) in [6.07, 6.45) is 0.644. The largest absolute Gasteiger partial charge is 0.496 e. The minimum absolute atomic E-state index is 0.00243. The molecule has 142 valence electrons. The SMILES string of the molecule is COc1ccccc1CCNC(=O)CN1CCN(c2ccc(F)cc2)C1=O. The van der Waals surface area contributed by atoms with Gasteiger partial charge in [0.05, 0.1) is 7.11 Å². The quantitative estimate of drug-likeness (QED) is 0.813. The first-order valence-corrected chi connectivity index (χ1v) is 8.79. The minimum Gasteiger partial charge on any atom is -0.496 e. The van der Waals surface area contributed by atoms with Crippen LogP contribution in [-0.4, -0.2) is 50.1 Å². The van der Waals surface area contributed by atoms with Crippen LogP contribution in [0.25, 0.3) is 0 Å². The number of amides is 3. The van der Waals surface area contributed by atoms with Crippen LogP contribution < -0.4 is 15.0 Å². The van der Waals surface area contributed by atoms with Crippen molar-refractivity contribution in [2.24, 2.45) is 0 Å². The van der Waals surface area contributed by atoms with E-state index in [1.165, 1.54) is 17.0 Å². The number of methoxy groups -OCH3 is 1. The van der Waals surface area contributed by atoms with Gasteiger partial charge in [0.1, 0.15) is 18.1 Å². The van der Waals surface area contributed by atoms with E-state index < -0.39 is 0 Å². The molecular formula is C20H22FN3O3. The first kappa shape index (κ1) is 18.7. The van der Waals surface area contributed by atoms with E-state index >= 15 is 0 Å². The molecule has 1 aliphatic rings. The number of nitrogens with zero attached hydrogens (tertiary/aromatic N) is 2. The smallest absolute Gasteiger partial charge is 0.325 e. The van der Waals surface area contributed by atoms with E-state index in [1.807, 2.05) is 24.3 Å². The number of anilines is 1. The molecule has 0 spiro atoms. The molecule has 2 aromatic rings. The van der Waals surface area contributed by atoms with Gasteiger partial charge in [0.2, 0.25) is 5.91 Å². The van der Waals surface area contributed by atoms with Crippen LogP contribution in [0.15, 0.2) is 48.5 Å². The standard InChI is InChI=1S/C20H22FN3O3/c1-27-18-5-3-2-4-15(18)10-11-22-19(25)14-23-12-13-24(20(23)26)17-8-6-16(21)7-9-17/h2-9H,10-14H2,1H3,(H,22,25). The van der Waals surface area contributed by atoms with Gasteiger partial charge in [0, 0.05) is 25.3 Å². The molecule has 2 aromatic carbocycles. The van der Waals surface area contributed by atoms with E-state index in [0.29, 0.717) is 31.7 Å². The summed E-state index contributed by atoms with van der Waals surface area (Å²) < 4.78 is 18.3. The fourth-order valence-electron chi connectivity index (χ4n) is 3.07. The zero-order valence-corrected chi connectivity index (χ0v) is 15.2. The van der Waals surface area contributed by atoms with Gasteiger partial charge in [0.15, 0.2) is 0 Å². The topological polar surface area (TPSA) is 61.9 Å². The lowest BCUT2D eigenvalue weighted by Gasteiger charge is -2.18. The molecule has 3 amide bonds. The van der Waals surface area contributed by atoms with E-state index in [9.17, 15) is 14.0 Å². The summed E-state index contributed by atoms with van der Waals surface area (Å²) in [4.78, 5) is 27.7.